The number of benzene rings is 1. The van der Waals surface area contributed by atoms with Crippen molar-refractivity contribution >= 4 is 17.1 Å². The zero-order chi connectivity index (χ0) is 15.1. The van der Waals surface area contributed by atoms with Gasteiger partial charge in [0.05, 0.1) is 17.4 Å². The van der Waals surface area contributed by atoms with Gasteiger partial charge in [-0.2, -0.15) is 0 Å². The fraction of sp³-hybridized carbons (Fsp3) is 0.467. The highest BCUT2D eigenvalue weighted by Crippen LogP contribution is 2.11. The van der Waals surface area contributed by atoms with E-state index in [2.05, 4.69) is 20.2 Å². The van der Waals surface area contributed by atoms with E-state index in [9.17, 15) is 4.79 Å². The number of fused-ring (bicyclic) bond motifs is 1. The van der Waals surface area contributed by atoms with Crippen molar-refractivity contribution in [1.82, 2.24) is 20.2 Å². The Kier molecular flexibility index (Phi) is 5.57. The third-order valence-electron chi connectivity index (χ3n) is 3.33. The summed E-state index contributed by atoms with van der Waals surface area (Å²) in [6.45, 7) is 3.36. The summed E-state index contributed by atoms with van der Waals surface area (Å²) < 4.78 is 2.09. The number of aromatic nitrogens is 2. The van der Waals surface area contributed by atoms with Gasteiger partial charge < -0.3 is 20.3 Å². The zero-order valence-electron chi connectivity index (χ0n) is 12.2. The third kappa shape index (κ3) is 4.46. The topological polar surface area (TPSA) is 79.2 Å². The Balaban J connectivity index is 1.71. The maximum absolute atomic E-state index is 11.6. The van der Waals surface area contributed by atoms with Gasteiger partial charge in [0.15, 0.2) is 0 Å². The number of carbonyl (C=O) groups is 1. The number of hydrogen-bond acceptors (Lipinski definition) is 3. The van der Waals surface area contributed by atoms with Gasteiger partial charge in [0, 0.05) is 25.7 Å². The quantitative estimate of drug-likeness (QED) is 0.676. The van der Waals surface area contributed by atoms with Gasteiger partial charge in [0.2, 0.25) is 0 Å². The minimum absolute atomic E-state index is 0.0207. The van der Waals surface area contributed by atoms with E-state index < -0.39 is 0 Å². The van der Waals surface area contributed by atoms with Crippen molar-refractivity contribution < 1.29 is 9.90 Å². The van der Waals surface area contributed by atoms with E-state index in [4.69, 9.17) is 5.11 Å². The number of carbonyl (C=O) groups excluding carboxylic acids is 1. The van der Waals surface area contributed by atoms with Crippen molar-refractivity contribution in [3.05, 3.63) is 30.6 Å². The number of hydrogen-bond donors (Lipinski definition) is 3. The number of imidazole rings is 1. The molecule has 3 N–H and O–H groups in total. The van der Waals surface area contributed by atoms with Crippen LogP contribution < -0.4 is 10.6 Å². The molecule has 0 spiro atoms. The van der Waals surface area contributed by atoms with Crippen molar-refractivity contribution in [2.24, 2.45) is 0 Å². The number of para-hydroxylation sites is 2. The Morgan fingerprint density at radius 3 is 3.05 bits per heavy atom. The molecule has 0 aliphatic carbocycles. The Labute approximate surface area is 124 Å². The molecule has 1 aromatic carbocycles. The highest BCUT2D eigenvalue weighted by atomic mass is 16.3. The maximum Gasteiger partial charge on any atom is 0.314 e. The smallest absolute Gasteiger partial charge is 0.314 e. The van der Waals surface area contributed by atoms with Gasteiger partial charge in [0.1, 0.15) is 0 Å². The predicted molar refractivity (Wildman–Crippen MR) is 82.0 cm³/mol. The lowest BCUT2D eigenvalue weighted by Gasteiger charge is -2.13. The molecule has 1 aromatic heterocycles. The number of aliphatic hydroxyl groups is 1. The van der Waals surface area contributed by atoms with Crippen molar-refractivity contribution in [1.29, 1.82) is 0 Å². The first-order valence-electron chi connectivity index (χ1n) is 7.26. The standard InChI is InChI=1S/C15H22N4O2/c1-12(7-10-20)18-15(21)16-8-4-9-19-11-17-13-5-2-3-6-14(13)19/h2-3,5-6,11-12,20H,4,7-10H2,1H3,(H2,16,18,21)/t12-/m1/s1. The monoisotopic (exact) mass is 290 g/mol. The lowest BCUT2D eigenvalue weighted by atomic mass is 10.2. The van der Waals surface area contributed by atoms with Gasteiger partial charge >= 0.3 is 6.03 Å². The Bertz CT molecular complexity index is 582. The molecular formula is C15H22N4O2. The largest absolute Gasteiger partial charge is 0.396 e. The van der Waals surface area contributed by atoms with Gasteiger partial charge in [-0.25, -0.2) is 9.78 Å². The van der Waals surface area contributed by atoms with Crippen LogP contribution in [0, 0.1) is 0 Å². The normalized spacial score (nSPS) is 12.3. The second-order valence-electron chi connectivity index (χ2n) is 5.09. The molecule has 114 valence electrons. The molecule has 0 fully saturated rings. The maximum atomic E-state index is 11.6. The zero-order valence-corrected chi connectivity index (χ0v) is 12.2. The molecule has 0 saturated carbocycles. The molecule has 0 radical (unpaired) electrons. The molecule has 0 saturated heterocycles. The van der Waals surface area contributed by atoms with E-state index in [1.54, 1.807) is 0 Å². The lowest BCUT2D eigenvalue weighted by Crippen LogP contribution is -2.41. The molecule has 0 unspecified atom stereocenters. The Morgan fingerprint density at radius 2 is 2.24 bits per heavy atom. The summed E-state index contributed by atoms with van der Waals surface area (Å²) in [5.74, 6) is 0. The fourth-order valence-corrected chi connectivity index (χ4v) is 2.18. The van der Waals surface area contributed by atoms with E-state index in [0.29, 0.717) is 13.0 Å². The molecule has 2 aromatic rings. The van der Waals surface area contributed by atoms with Crippen molar-refractivity contribution in [3.63, 3.8) is 0 Å². The van der Waals surface area contributed by atoms with E-state index in [1.807, 2.05) is 37.5 Å². The van der Waals surface area contributed by atoms with Crippen molar-refractivity contribution in [2.45, 2.75) is 32.4 Å². The minimum atomic E-state index is -0.188. The molecule has 2 rings (SSSR count). The van der Waals surface area contributed by atoms with Crippen LogP contribution in [0.4, 0.5) is 4.79 Å². The Morgan fingerprint density at radius 1 is 1.43 bits per heavy atom. The summed E-state index contributed by atoms with van der Waals surface area (Å²) in [6, 6.07) is 7.78. The molecular weight excluding hydrogens is 268 g/mol. The molecule has 1 heterocycles. The minimum Gasteiger partial charge on any atom is -0.396 e. The summed E-state index contributed by atoms with van der Waals surface area (Å²) in [5.41, 5.74) is 2.10. The van der Waals surface area contributed by atoms with Crippen LogP contribution >= 0.6 is 0 Å². The van der Waals surface area contributed by atoms with Crippen LogP contribution in [-0.4, -0.2) is 39.9 Å². The first-order chi connectivity index (χ1) is 10.2. The number of rotatable bonds is 7. The molecule has 6 nitrogen and oxygen atoms in total. The number of aryl methyl sites for hydroxylation is 1. The average Bonchev–Trinajstić information content (AvgIpc) is 2.87. The van der Waals surface area contributed by atoms with Gasteiger partial charge in [0.25, 0.3) is 0 Å². The number of aliphatic hydroxyl groups excluding tert-OH is 1. The van der Waals surface area contributed by atoms with Crippen LogP contribution in [0.25, 0.3) is 11.0 Å². The van der Waals surface area contributed by atoms with E-state index in [1.165, 1.54) is 0 Å². The van der Waals surface area contributed by atoms with Crippen LogP contribution in [0.3, 0.4) is 0 Å². The molecule has 1 atom stereocenters. The summed E-state index contributed by atoms with van der Waals surface area (Å²) in [6.07, 6.45) is 3.23. The fourth-order valence-electron chi connectivity index (χ4n) is 2.18. The average molecular weight is 290 g/mol. The molecule has 0 aliphatic heterocycles. The SMILES string of the molecule is C[C@H](CCO)NC(=O)NCCCn1cnc2ccccc21. The van der Waals surface area contributed by atoms with Crippen LogP contribution in [0.1, 0.15) is 19.8 Å². The lowest BCUT2D eigenvalue weighted by molar-refractivity contribution is 0.231. The van der Waals surface area contributed by atoms with Gasteiger partial charge in [-0.05, 0) is 31.9 Å². The van der Waals surface area contributed by atoms with Crippen LogP contribution in [0.15, 0.2) is 30.6 Å². The second kappa shape index (κ2) is 7.64. The van der Waals surface area contributed by atoms with Crippen LogP contribution in [0.2, 0.25) is 0 Å². The molecule has 0 aliphatic rings. The van der Waals surface area contributed by atoms with E-state index in [-0.39, 0.29) is 18.7 Å². The van der Waals surface area contributed by atoms with E-state index >= 15 is 0 Å². The van der Waals surface area contributed by atoms with Crippen LogP contribution in [0.5, 0.6) is 0 Å². The molecule has 6 heteroatoms. The molecule has 21 heavy (non-hydrogen) atoms. The number of nitrogens with one attached hydrogen (secondary N) is 2. The number of nitrogens with zero attached hydrogens (tertiary/aromatic N) is 2. The summed E-state index contributed by atoms with van der Waals surface area (Å²) >= 11 is 0. The van der Waals surface area contributed by atoms with Gasteiger partial charge in [-0.3, -0.25) is 0 Å². The van der Waals surface area contributed by atoms with Crippen LogP contribution in [-0.2, 0) is 6.54 Å². The first-order valence-corrected chi connectivity index (χ1v) is 7.26. The highest BCUT2D eigenvalue weighted by molar-refractivity contribution is 5.75. The van der Waals surface area contributed by atoms with E-state index in [0.717, 1.165) is 24.0 Å². The predicted octanol–water partition coefficient (Wildman–Crippen LogP) is 1.50. The summed E-state index contributed by atoms with van der Waals surface area (Å²) in [7, 11) is 0. The molecule has 2 amide bonds. The van der Waals surface area contributed by atoms with Crippen molar-refractivity contribution in [2.75, 3.05) is 13.2 Å². The van der Waals surface area contributed by atoms with Gasteiger partial charge in [-0.1, -0.05) is 12.1 Å². The molecule has 0 bridgehead atoms. The third-order valence-corrected chi connectivity index (χ3v) is 3.33. The Hall–Kier alpha value is -2.08. The van der Waals surface area contributed by atoms with Gasteiger partial charge in [-0.15, -0.1) is 0 Å². The first kappa shape index (κ1) is 15.3. The number of urea groups is 1. The number of amides is 2. The summed E-state index contributed by atoms with van der Waals surface area (Å²) in [4.78, 5) is 15.9. The van der Waals surface area contributed by atoms with Crippen molar-refractivity contribution in [3.8, 4) is 0 Å². The summed E-state index contributed by atoms with van der Waals surface area (Å²) in [5, 5.41) is 14.4. The second-order valence-corrected chi connectivity index (χ2v) is 5.09. The highest BCUT2D eigenvalue weighted by Gasteiger charge is 2.06.